The van der Waals surface area contributed by atoms with Crippen LogP contribution < -0.4 is 10.6 Å². The minimum absolute atomic E-state index is 0.0792. The summed E-state index contributed by atoms with van der Waals surface area (Å²) in [6, 6.07) is 12.2. The molecule has 10 nitrogen and oxygen atoms in total. The second kappa shape index (κ2) is 20.1. The number of esters is 1. The third-order valence-electron chi connectivity index (χ3n) is 7.42. The molecule has 0 saturated heterocycles. The van der Waals surface area contributed by atoms with Gasteiger partial charge in [-0.05, 0) is 89.7 Å². The Morgan fingerprint density at radius 1 is 0.837 bits per heavy atom. The number of amides is 3. The first kappa shape index (κ1) is 41.4. The van der Waals surface area contributed by atoms with E-state index in [1.165, 1.54) is 28.8 Å². The molecule has 0 radical (unpaired) electrons. The Bertz CT molecular complexity index is 1340. The Kier molecular flexibility index (Phi) is 17.0. The summed E-state index contributed by atoms with van der Waals surface area (Å²) in [4.78, 5) is 57.1. The van der Waals surface area contributed by atoms with Gasteiger partial charge in [0.1, 0.15) is 35.1 Å². The molecule has 2 aromatic carbocycles. The second-order valence-corrected chi connectivity index (χ2v) is 15.2. The van der Waals surface area contributed by atoms with Crippen LogP contribution in [-0.4, -0.2) is 75.7 Å². The molecule has 0 aliphatic carbocycles. The molecule has 3 amide bonds. The predicted octanol–water partition coefficient (Wildman–Crippen LogP) is 6.95. The zero-order chi connectivity index (χ0) is 36.6. The van der Waals surface area contributed by atoms with Crippen LogP contribution in [0.25, 0.3) is 0 Å². The van der Waals surface area contributed by atoms with Crippen LogP contribution in [0, 0.1) is 0 Å². The van der Waals surface area contributed by atoms with E-state index in [0.29, 0.717) is 24.2 Å². The van der Waals surface area contributed by atoms with Crippen molar-refractivity contribution in [3.8, 4) is 5.75 Å². The van der Waals surface area contributed by atoms with E-state index >= 15 is 0 Å². The molecule has 49 heavy (non-hydrogen) atoms. The van der Waals surface area contributed by atoms with Gasteiger partial charge < -0.3 is 30.1 Å². The fraction of sp³-hybridized carbons (Fsp3) is 0.579. The van der Waals surface area contributed by atoms with Crippen molar-refractivity contribution in [2.75, 3.05) is 18.6 Å². The number of nitrogens with zero attached hydrogens (tertiary/aromatic N) is 1. The average Bonchev–Trinajstić information content (AvgIpc) is 3.00. The van der Waals surface area contributed by atoms with Crippen molar-refractivity contribution < 1.29 is 33.8 Å². The molecule has 0 heterocycles. The minimum atomic E-state index is -1.23. The second-order valence-electron chi connectivity index (χ2n) is 14.2. The Morgan fingerprint density at radius 2 is 1.49 bits per heavy atom. The Hall–Kier alpha value is -3.73. The molecule has 2 aromatic rings. The lowest BCUT2D eigenvalue weighted by Gasteiger charge is -2.35. The van der Waals surface area contributed by atoms with E-state index in [0.717, 1.165) is 31.2 Å². The predicted molar refractivity (Wildman–Crippen MR) is 195 cm³/mol. The van der Waals surface area contributed by atoms with Crippen LogP contribution in [0.15, 0.2) is 54.6 Å². The number of phenols is 1. The number of hydrogen-bond acceptors (Lipinski definition) is 8. The van der Waals surface area contributed by atoms with Gasteiger partial charge in [-0.25, -0.2) is 9.59 Å². The first-order valence-electron chi connectivity index (χ1n) is 17.2. The zero-order valence-corrected chi connectivity index (χ0v) is 31.4. The molecule has 0 fully saturated rings. The van der Waals surface area contributed by atoms with E-state index in [9.17, 15) is 24.3 Å². The number of benzene rings is 2. The van der Waals surface area contributed by atoms with Gasteiger partial charge in [-0.2, -0.15) is 11.8 Å². The lowest BCUT2D eigenvalue weighted by Crippen LogP contribution is -2.55. The third-order valence-corrected chi connectivity index (χ3v) is 8.07. The first-order chi connectivity index (χ1) is 23.0. The number of thioether (sulfide) groups is 1. The fourth-order valence-electron chi connectivity index (χ4n) is 5.23. The molecule has 0 aliphatic rings. The number of ether oxygens (including phenoxy) is 2. The van der Waals surface area contributed by atoms with E-state index in [2.05, 4.69) is 17.6 Å². The molecule has 3 N–H and O–H groups in total. The molecule has 0 aromatic heterocycles. The van der Waals surface area contributed by atoms with Gasteiger partial charge in [0.2, 0.25) is 11.8 Å². The molecule has 0 spiro atoms. The first-order valence-corrected chi connectivity index (χ1v) is 18.6. The van der Waals surface area contributed by atoms with Gasteiger partial charge in [-0.15, -0.1) is 0 Å². The summed E-state index contributed by atoms with van der Waals surface area (Å²) < 4.78 is 11.2. The summed E-state index contributed by atoms with van der Waals surface area (Å²) >= 11 is 1.53. The van der Waals surface area contributed by atoms with Crippen LogP contribution in [0.3, 0.4) is 0 Å². The van der Waals surface area contributed by atoms with Crippen LogP contribution in [0.4, 0.5) is 4.79 Å². The molecular weight excluding hydrogens is 642 g/mol. The molecule has 3 unspecified atom stereocenters. The highest BCUT2D eigenvalue weighted by molar-refractivity contribution is 7.98. The van der Waals surface area contributed by atoms with Gasteiger partial charge >= 0.3 is 12.1 Å². The third kappa shape index (κ3) is 15.6. The van der Waals surface area contributed by atoms with Gasteiger partial charge in [0.05, 0.1) is 0 Å². The molecule has 2 rings (SSSR count). The van der Waals surface area contributed by atoms with E-state index in [1.54, 1.807) is 53.7 Å². The fourth-order valence-corrected chi connectivity index (χ4v) is 5.70. The van der Waals surface area contributed by atoms with Gasteiger partial charge in [-0.1, -0.05) is 75.1 Å². The Morgan fingerprint density at radius 3 is 2.08 bits per heavy atom. The summed E-state index contributed by atoms with van der Waals surface area (Å²) in [5.41, 5.74) is -0.409. The summed E-state index contributed by atoms with van der Waals surface area (Å²) in [5.74, 6) is -1.20. The lowest BCUT2D eigenvalue weighted by molar-refractivity contribution is -0.159. The van der Waals surface area contributed by atoms with Crippen LogP contribution in [0.5, 0.6) is 5.75 Å². The maximum atomic E-state index is 14.6. The number of carbonyl (C=O) groups excluding carboxylic acids is 4. The van der Waals surface area contributed by atoms with E-state index in [1.807, 2.05) is 36.6 Å². The van der Waals surface area contributed by atoms with Crippen LogP contribution in [-0.2, 0) is 30.3 Å². The quantitative estimate of drug-likeness (QED) is 0.113. The largest absolute Gasteiger partial charge is 0.508 e. The smallest absolute Gasteiger partial charge is 0.408 e. The van der Waals surface area contributed by atoms with E-state index in [-0.39, 0.29) is 18.7 Å². The molecular formula is C38H57N3O7S. The molecule has 0 saturated carbocycles. The number of nitrogens with one attached hydrogen (secondary N) is 2. The number of carbonyl (C=O) groups is 4. The SMILES string of the molecule is CCCCCCCN(C(=O)C(CCSC)NC(=O)OC(C)(C)C)C(C(=O)NC(Cc1ccccc1)C(=O)OC(C)(C)C)c1cccc(O)c1. The average molecular weight is 700 g/mol. The maximum Gasteiger partial charge on any atom is 0.408 e. The van der Waals surface area contributed by atoms with Crippen LogP contribution in [0.1, 0.15) is 104 Å². The molecule has 0 bridgehead atoms. The number of hydrogen-bond donors (Lipinski definition) is 3. The normalized spacial score (nSPS) is 13.5. The van der Waals surface area contributed by atoms with Crippen molar-refractivity contribution >= 4 is 35.6 Å². The van der Waals surface area contributed by atoms with E-state index in [4.69, 9.17) is 9.47 Å². The van der Waals surface area contributed by atoms with Crippen molar-refractivity contribution in [1.29, 1.82) is 0 Å². The minimum Gasteiger partial charge on any atom is -0.508 e. The number of rotatable bonds is 18. The summed E-state index contributed by atoms with van der Waals surface area (Å²) in [5, 5.41) is 16.1. The van der Waals surface area contributed by atoms with Crippen molar-refractivity contribution in [2.24, 2.45) is 0 Å². The molecule has 11 heteroatoms. The highest BCUT2D eigenvalue weighted by atomic mass is 32.2. The van der Waals surface area contributed by atoms with Gasteiger partial charge in [0.25, 0.3) is 0 Å². The van der Waals surface area contributed by atoms with Crippen molar-refractivity contribution in [3.05, 3.63) is 65.7 Å². The molecule has 272 valence electrons. The van der Waals surface area contributed by atoms with Crippen molar-refractivity contribution in [1.82, 2.24) is 15.5 Å². The van der Waals surface area contributed by atoms with Crippen LogP contribution in [0.2, 0.25) is 0 Å². The zero-order valence-electron chi connectivity index (χ0n) is 30.5. The molecule has 0 aliphatic heterocycles. The highest BCUT2D eigenvalue weighted by Crippen LogP contribution is 2.27. The maximum absolute atomic E-state index is 14.6. The number of unbranched alkanes of at least 4 members (excludes halogenated alkanes) is 4. The summed E-state index contributed by atoms with van der Waals surface area (Å²) in [7, 11) is 0. The van der Waals surface area contributed by atoms with Crippen LogP contribution >= 0.6 is 11.8 Å². The van der Waals surface area contributed by atoms with E-state index < -0.39 is 53.2 Å². The number of aromatic hydroxyl groups is 1. The van der Waals surface area contributed by atoms with Crippen molar-refractivity contribution in [3.63, 3.8) is 0 Å². The lowest BCUT2D eigenvalue weighted by atomic mass is 9.99. The number of alkyl carbamates (subject to hydrolysis) is 1. The summed E-state index contributed by atoms with van der Waals surface area (Å²) in [6.07, 6.45) is 6.12. The summed E-state index contributed by atoms with van der Waals surface area (Å²) in [6.45, 7) is 12.8. The Balaban J connectivity index is 2.62. The van der Waals surface area contributed by atoms with Gasteiger partial charge in [-0.3, -0.25) is 9.59 Å². The highest BCUT2D eigenvalue weighted by Gasteiger charge is 2.38. The number of phenolic OH excluding ortho intramolecular Hbond substituents is 1. The van der Waals surface area contributed by atoms with Gasteiger partial charge in [0.15, 0.2) is 0 Å². The monoisotopic (exact) mass is 699 g/mol. The topological polar surface area (TPSA) is 134 Å². The van der Waals surface area contributed by atoms with Crippen molar-refractivity contribution in [2.45, 2.75) is 123 Å². The molecule has 3 atom stereocenters. The van der Waals surface area contributed by atoms with Gasteiger partial charge in [0, 0.05) is 13.0 Å². The Labute approximate surface area is 297 Å². The standard InChI is InChI=1S/C38H57N3O7S/c1-9-10-11-12-16-23-41(34(44)30(22-24-49-8)40-36(46)48-38(5,6)7)32(28-20-17-21-29(42)26-28)33(43)39-31(35(45)47-37(2,3)4)25-27-18-14-13-15-19-27/h13-15,17-21,26,30-32,42H,9-12,16,22-25H2,1-8H3,(H,39,43)(H,40,46).